The SMILES string of the molecule is CCCCCCCCCCCCCCCCOc1ccc(C(=O)Oc2ccc(C(=O)O)cc2)cc1F. The molecule has 6 heteroatoms. The summed E-state index contributed by atoms with van der Waals surface area (Å²) >= 11 is 0. The van der Waals surface area contributed by atoms with E-state index in [1.807, 2.05) is 0 Å². The normalized spacial score (nSPS) is 10.8. The van der Waals surface area contributed by atoms with Crippen molar-refractivity contribution in [2.24, 2.45) is 0 Å². The number of ether oxygens (including phenoxy) is 2. The van der Waals surface area contributed by atoms with Gasteiger partial charge in [-0.2, -0.15) is 0 Å². The molecule has 0 unspecified atom stereocenters. The Morgan fingerprint density at radius 2 is 1.22 bits per heavy atom. The van der Waals surface area contributed by atoms with Gasteiger partial charge in [-0.15, -0.1) is 0 Å². The lowest BCUT2D eigenvalue weighted by Crippen LogP contribution is -2.09. The van der Waals surface area contributed by atoms with Crippen LogP contribution in [-0.2, 0) is 0 Å². The third-order valence-electron chi connectivity index (χ3n) is 6.23. The minimum absolute atomic E-state index is 0.0543. The second kappa shape index (κ2) is 17.5. The average Bonchev–Trinajstić information content (AvgIpc) is 2.87. The number of carbonyl (C=O) groups excluding carboxylic acids is 1. The highest BCUT2D eigenvalue weighted by molar-refractivity contribution is 5.91. The molecule has 2 aromatic rings. The number of rotatable bonds is 19. The Kier molecular flexibility index (Phi) is 14.3. The summed E-state index contributed by atoms with van der Waals surface area (Å²) in [6, 6.07) is 9.41. The van der Waals surface area contributed by atoms with E-state index in [2.05, 4.69) is 6.92 Å². The van der Waals surface area contributed by atoms with E-state index in [1.54, 1.807) is 0 Å². The van der Waals surface area contributed by atoms with Crippen LogP contribution in [0.15, 0.2) is 42.5 Å². The molecule has 0 aliphatic carbocycles. The number of benzene rings is 2. The van der Waals surface area contributed by atoms with Gasteiger partial charge >= 0.3 is 11.9 Å². The average molecular weight is 501 g/mol. The van der Waals surface area contributed by atoms with Gasteiger partial charge in [0.2, 0.25) is 0 Å². The minimum atomic E-state index is -1.07. The molecule has 1 N–H and O–H groups in total. The van der Waals surface area contributed by atoms with Crippen molar-refractivity contribution >= 4 is 11.9 Å². The van der Waals surface area contributed by atoms with Crippen molar-refractivity contribution in [3.63, 3.8) is 0 Å². The highest BCUT2D eigenvalue weighted by Gasteiger charge is 2.13. The van der Waals surface area contributed by atoms with Crippen LogP contribution in [-0.4, -0.2) is 23.7 Å². The summed E-state index contributed by atoms with van der Waals surface area (Å²) < 4.78 is 25.1. The molecule has 0 radical (unpaired) electrons. The molecule has 0 aliphatic heterocycles. The molecule has 2 rings (SSSR count). The van der Waals surface area contributed by atoms with Crippen LogP contribution in [0.5, 0.6) is 11.5 Å². The molecule has 0 atom stereocenters. The monoisotopic (exact) mass is 500 g/mol. The van der Waals surface area contributed by atoms with Gasteiger partial charge in [-0.3, -0.25) is 0 Å². The van der Waals surface area contributed by atoms with E-state index in [4.69, 9.17) is 14.6 Å². The Hall–Kier alpha value is -2.89. The third kappa shape index (κ3) is 11.7. The molecule has 5 nitrogen and oxygen atoms in total. The van der Waals surface area contributed by atoms with Crippen LogP contribution < -0.4 is 9.47 Å². The summed E-state index contributed by atoms with van der Waals surface area (Å²) in [4.78, 5) is 23.1. The summed E-state index contributed by atoms with van der Waals surface area (Å²) in [6.45, 7) is 2.69. The van der Waals surface area contributed by atoms with Crippen molar-refractivity contribution in [1.82, 2.24) is 0 Å². The van der Waals surface area contributed by atoms with Crippen molar-refractivity contribution < 1.29 is 28.6 Å². The number of hydrogen-bond acceptors (Lipinski definition) is 4. The first-order chi connectivity index (χ1) is 17.5. The topological polar surface area (TPSA) is 72.8 Å². The second-order valence-corrected chi connectivity index (χ2v) is 9.31. The Labute approximate surface area is 215 Å². The molecule has 0 saturated carbocycles. The standard InChI is InChI=1S/C30H41FO5/c1-2-3-4-5-6-7-8-9-10-11-12-13-14-15-22-35-28-21-18-25(23-27(28)31)30(34)36-26-19-16-24(17-20-26)29(32)33/h16-21,23H,2-15,22H2,1H3,(H,32,33). The molecule has 2 aromatic carbocycles. The van der Waals surface area contributed by atoms with Crippen LogP contribution in [0.1, 0.15) is 118 Å². The van der Waals surface area contributed by atoms with Crippen LogP contribution in [0.25, 0.3) is 0 Å². The summed E-state index contributed by atoms with van der Waals surface area (Å²) in [5.74, 6) is -2.11. The first-order valence-corrected chi connectivity index (χ1v) is 13.5. The summed E-state index contributed by atoms with van der Waals surface area (Å²) in [5.41, 5.74) is 0.139. The zero-order chi connectivity index (χ0) is 26.0. The van der Waals surface area contributed by atoms with Gasteiger partial charge in [0.05, 0.1) is 17.7 Å². The summed E-state index contributed by atoms with van der Waals surface area (Å²) in [6.07, 6.45) is 17.9. The Morgan fingerprint density at radius 1 is 0.722 bits per heavy atom. The zero-order valence-electron chi connectivity index (χ0n) is 21.6. The highest BCUT2D eigenvalue weighted by Crippen LogP contribution is 2.21. The van der Waals surface area contributed by atoms with Gasteiger partial charge in [0.1, 0.15) is 5.75 Å². The van der Waals surface area contributed by atoms with E-state index in [9.17, 15) is 14.0 Å². The molecular weight excluding hydrogens is 459 g/mol. The third-order valence-corrected chi connectivity index (χ3v) is 6.23. The zero-order valence-corrected chi connectivity index (χ0v) is 21.6. The van der Waals surface area contributed by atoms with Crippen LogP contribution >= 0.6 is 0 Å². The Balaban J connectivity index is 1.55. The summed E-state index contributed by atoms with van der Waals surface area (Å²) in [7, 11) is 0. The van der Waals surface area contributed by atoms with E-state index in [0.29, 0.717) is 6.61 Å². The highest BCUT2D eigenvalue weighted by atomic mass is 19.1. The Morgan fingerprint density at radius 3 is 1.72 bits per heavy atom. The second-order valence-electron chi connectivity index (χ2n) is 9.31. The van der Waals surface area contributed by atoms with E-state index >= 15 is 0 Å². The molecule has 0 aromatic heterocycles. The predicted molar refractivity (Wildman–Crippen MR) is 141 cm³/mol. The van der Waals surface area contributed by atoms with E-state index in [0.717, 1.165) is 18.9 Å². The lowest BCUT2D eigenvalue weighted by atomic mass is 10.0. The van der Waals surface area contributed by atoms with Crippen LogP contribution in [0.4, 0.5) is 4.39 Å². The van der Waals surface area contributed by atoms with Crippen LogP contribution in [0, 0.1) is 5.82 Å². The smallest absolute Gasteiger partial charge is 0.343 e. The van der Waals surface area contributed by atoms with E-state index < -0.39 is 17.8 Å². The van der Waals surface area contributed by atoms with Crippen molar-refractivity contribution in [3.8, 4) is 11.5 Å². The van der Waals surface area contributed by atoms with Crippen molar-refractivity contribution in [2.75, 3.05) is 6.61 Å². The molecule has 0 aliphatic rings. The van der Waals surface area contributed by atoms with Gasteiger partial charge in [-0.25, -0.2) is 14.0 Å². The summed E-state index contributed by atoms with van der Waals surface area (Å²) in [5, 5.41) is 8.91. The molecule has 0 heterocycles. The number of aromatic carboxylic acids is 1. The number of halogens is 1. The number of unbranched alkanes of at least 4 members (excludes halogenated alkanes) is 13. The van der Waals surface area contributed by atoms with Crippen molar-refractivity contribution in [1.29, 1.82) is 0 Å². The van der Waals surface area contributed by atoms with Crippen LogP contribution in [0.2, 0.25) is 0 Å². The van der Waals surface area contributed by atoms with Crippen molar-refractivity contribution in [3.05, 3.63) is 59.4 Å². The van der Waals surface area contributed by atoms with Gasteiger partial charge in [0.15, 0.2) is 11.6 Å². The van der Waals surface area contributed by atoms with Gasteiger partial charge < -0.3 is 14.6 Å². The fraction of sp³-hybridized carbons (Fsp3) is 0.533. The number of carboxylic acid groups (broad SMARTS) is 1. The maximum absolute atomic E-state index is 14.4. The molecule has 0 saturated heterocycles. The number of carbonyl (C=O) groups is 2. The largest absolute Gasteiger partial charge is 0.491 e. The maximum Gasteiger partial charge on any atom is 0.343 e. The van der Waals surface area contributed by atoms with Crippen LogP contribution in [0.3, 0.4) is 0 Å². The number of hydrogen-bond donors (Lipinski definition) is 1. The lowest BCUT2D eigenvalue weighted by Gasteiger charge is -2.09. The fourth-order valence-corrected chi connectivity index (χ4v) is 4.06. The minimum Gasteiger partial charge on any atom is -0.491 e. The molecule has 0 amide bonds. The number of carboxylic acids is 1. The fourth-order valence-electron chi connectivity index (χ4n) is 4.06. The Bertz CT molecular complexity index is 910. The van der Waals surface area contributed by atoms with Gasteiger partial charge in [0, 0.05) is 0 Å². The van der Waals surface area contributed by atoms with Gasteiger partial charge in [-0.1, -0.05) is 90.4 Å². The lowest BCUT2D eigenvalue weighted by molar-refractivity contribution is 0.0696. The van der Waals surface area contributed by atoms with Gasteiger partial charge in [0.25, 0.3) is 0 Å². The van der Waals surface area contributed by atoms with E-state index in [-0.39, 0.29) is 22.6 Å². The molecule has 198 valence electrons. The van der Waals surface area contributed by atoms with E-state index in [1.165, 1.54) is 113 Å². The molecular formula is C30H41FO5. The molecule has 0 fully saturated rings. The maximum atomic E-state index is 14.4. The molecule has 0 bridgehead atoms. The quantitative estimate of drug-likeness (QED) is 0.119. The predicted octanol–water partition coefficient (Wildman–Crippen LogP) is 8.60. The molecule has 0 spiro atoms. The number of esters is 1. The van der Waals surface area contributed by atoms with Gasteiger partial charge in [-0.05, 0) is 48.9 Å². The first-order valence-electron chi connectivity index (χ1n) is 13.5. The molecule has 36 heavy (non-hydrogen) atoms. The first kappa shape index (κ1) is 29.3. The van der Waals surface area contributed by atoms with Crippen molar-refractivity contribution in [2.45, 2.75) is 96.8 Å².